The summed E-state index contributed by atoms with van der Waals surface area (Å²) in [4.78, 5) is 16.8. The number of carbonyl (C=O) groups is 1. The van der Waals surface area contributed by atoms with Gasteiger partial charge in [0.25, 0.3) is 0 Å². The summed E-state index contributed by atoms with van der Waals surface area (Å²) >= 11 is 1.61. The zero-order valence-corrected chi connectivity index (χ0v) is 18.1. The Balaban J connectivity index is 1.95. The fraction of sp³-hybridized carbons (Fsp3) is 0.333. The van der Waals surface area contributed by atoms with E-state index in [9.17, 15) is 14.4 Å². The first kappa shape index (κ1) is 20.4. The summed E-state index contributed by atoms with van der Waals surface area (Å²) in [7, 11) is 0. The van der Waals surface area contributed by atoms with Crippen molar-refractivity contribution < 1.29 is 9.18 Å². The van der Waals surface area contributed by atoms with Crippen molar-refractivity contribution in [2.24, 2.45) is 5.73 Å². The van der Waals surface area contributed by atoms with E-state index in [2.05, 4.69) is 32.9 Å². The molecule has 4 rings (SSSR count). The van der Waals surface area contributed by atoms with Crippen molar-refractivity contribution in [1.82, 2.24) is 0 Å². The largest absolute Gasteiger partial charge is 0.384 e. The first-order chi connectivity index (χ1) is 14.2. The smallest absolute Gasteiger partial charge is 0.161 e. The lowest BCUT2D eigenvalue weighted by Gasteiger charge is -2.39. The Hall–Kier alpha value is -2.91. The zero-order chi connectivity index (χ0) is 21.6. The van der Waals surface area contributed by atoms with Gasteiger partial charge in [0.1, 0.15) is 11.6 Å². The maximum atomic E-state index is 14.7. The number of anilines is 1. The summed E-state index contributed by atoms with van der Waals surface area (Å²) in [5, 5.41) is 10.0. The highest BCUT2D eigenvalue weighted by molar-refractivity contribution is 7.12. The molecule has 2 N–H and O–H groups in total. The van der Waals surface area contributed by atoms with Gasteiger partial charge in [-0.25, -0.2) is 4.39 Å². The number of nitriles is 1. The highest BCUT2D eigenvalue weighted by Gasteiger charge is 2.41. The first-order valence-corrected chi connectivity index (χ1v) is 10.9. The zero-order valence-electron chi connectivity index (χ0n) is 17.3. The number of benzene rings is 1. The maximum Gasteiger partial charge on any atom is 0.161 e. The lowest BCUT2D eigenvalue weighted by Crippen LogP contribution is -2.39. The van der Waals surface area contributed by atoms with E-state index >= 15 is 0 Å². The molecule has 2 heterocycles. The van der Waals surface area contributed by atoms with Gasteiger partial charge in [-0.15, -0.1) is 11.3 Å². The van der Waals surface area contributed by atoms with Crippen molar-refractivity contribution in [1.29, 1.82) is 5.26 Å². The van der Waals surface area contributed by atoms with Crippen molar-refractivity contribution >= 4 is 22.8 Å². The number of Topliss-reactive ketones (excluding diaryl/α,β-unsaturated/α-hetero) is 1. The average molecular weight is 422 g/mol. The van der Waals surface area contributed by atoms with Gasteiger partial charge < -0.3 is 5.73 Å². The summed E-state index contributed by atoms with van der Waals surface area (Å²) in [5.41, 5.74) is 8.31. The Labute approximate surface area is 180 Å². The Kier molecular flexibility index (Phi) is 5.03. The average Bonchev–Trinajstić information content (AvgIpc) is 3.19. The molecule has 0 bridgehead atoms. The second kappa shape index (κ2) is 7.41. The number of ketones is 1. The number of allylic oxidation sites excluding steroid dienone is 3. The number of nitrogens with zero attached hydrogens (tertiary/aromatic N) is 2. The number of nitrogens with two attached hydrogens (primary N) is 1. The van der Waals surface area contributed by atoms with Crippen molar-refractivity contribution in [3.8, 4) is 6.07 Å². The Morgan fingerprint density at radius 3 is 2.57 bits per heavy atom. The van der Waals surface area contributed by atoms with Gasteiger partial charge >= 0.3 is 0 Å². The van der Waals surface area contributed by atoms with Crippen LogP contribution in [0.3, 0.4) is 0 Å². The highest BCUT2D eigenvalue weighted by Crippen LogP contribution is 2.48. The molecule has 4 nitrogen and oxygen atoms in total. The normalized spacial score (nSPS) is 19.8. The number of hydrogen-bond acceptors (Lipinski definition) is 5. The molecule has 1 aromatic heterocycles. The van der Waals surface area contributed by atoms with Crippen LogP contribution in [0, 0.1) is 17.1 Å². The van der Waals surface area contributed by atoms with Gasteiger partial charge in [0.15, 0.2) is 5.78 Å². The van der Waals surface area contributed by atoms with Crippen molar-refractivity contribution in [2.45, 2.75) is 51.4 Å². The molecule has 0 spiro atoms. The SMILES string of the molecule is CC(C)(C)c1ccc(C2C(C#N)=C(N)N(c3ccccc3F)C3=C2C(=O)CCC3)s1. The predicted octanol–water partition coefficient (Wildman–Crippen LogP) is 5.49. The fourth-order valence-corrected chi connectivity index (χ4v) is 5.38. The molecule has 0 amide bonds. The molecule has 6 heteroatoms. The van der Waals surface area contributed by atoms with Gasteiger partial charge in [-0.1, -0.05) is 32.9 Å². The molecule has 0 fully saturated rings. The van der Waals surface area contributed by atoms with E-state index in [-0.39, 0.29) is 22.7 Å². The molecule has 0 saturated heterocycles. The quantitative estimate of drug-likeness (QED) is 0.696. The molecular weight excluding hydrogens is 397 g/mol. The molecule has 30 heavy (non-hydrogen) atoms. The number of para-hydroxylation sites is 1. The molecule has 1 aliphatic carbocycles. The summed E-state index contributed by atoms with van der Waals surface area (Å²) in [6, 6.07) is 12.6. The second-order valence-corrected chi connectivity index (χ2v) is 9.84. The molecule has 1 unspecified atom stereocenters. The minimum atomic E-state index is -0.498. The van der Waals surface area contributed by atoms with E-state index in [1.165, 1.54) is 10.9 Å². The van der Waals surface area contributed by atoms with Crippen molar-refractivity contribution in [3.05, 3.63) is 74.6 Å². The lowest BCUT2D eigenvalue weighted by molar-refractivity contribution is -0.116. The molecule has 0 saturated carbocycles. The first-order valence-electron chi connectivity index (χ1n) is 10.0. The summed E-state index contributed by atoms with van der Waals surface area (Å²) in [6.45, 7) is 6.40. The monoisotopic (exact) mass is 421 g/mol. The summed E-state index contributed by atoms with van der Waals surface area (Å²) < 4.78 is 14.7. The van der Waals surface area contributed by atoms with E-state index in [0.717, 1.165) is 4.88 Å². The predicted molar refractivity (Wildman–Crippen MR) is 117 cm³/mol. The van der Waals surface area contributed by atoms with Crippen LogP contribution in [0.25, 0.3) is 0 Å². The molecule has 1 aromatic carbocycles. The molecule has 1 aliphatic heterocycles. The molecule has 0 radical (unpaired) electrons. The molecule has 154 valence electrons. The van der Waals surface area contributed by atoms with Crippen molar-refractivity contribution in [3.63, 3.8) is 0 Å². The maximum absolute atomic E-state index is 14.7. The van der Waals surface area contributed by atoms with Gasteiger partial charge in [-0.05, 0) is 42.5 Å². The molecule has 1 atom stereocenters. The van der Waals surface area contributed by atoms with Crippen LogP contribution in [0.2, 0.25) is 0 Å². The summed E-state index contributed by atoms with van der Waals surface area (Å²) in [6.07, 6.45) is 1.72. The fourth-order valence-electron chi connectivity index (χ4n) is 4.19. The van der Waals surface area contributed by atoms with Crippen LogP contribution in [-0.4, -0.2) is 5.78 Å². The van der Waals surface area contributed by atoms with E-state index in [0.29, 0.717) is 36.1 Å². The third kappa shape index (κ3) is 3.23. The van der Waals surface area contributed by atoms with Crippen LogP contribution < -0.4 is 10.6 Å². The van der Waals surface area contributed by atoms with Crippen LogP contribution in [0.4, 0.5) is 10.1 Å². The molecule has 2 aliphatic rings. The van der Waals surface area contributed by atoms with Gasteiger partial charge in [-0.2, -0.15) is 5.26 Å². The van der Waals surface area contributed by atoms with Crippen LogP contribution in [0.5, 0.6) is 0 Å². The van der Waals surface area contributed by atoms with Crippen LogP contribution in [0.15, 0.2) is 59.1 Å². The minimum absolute atomic E-state index is 0.00791. The van der Waals surface area contributed by atoms with Crippen LogP contribution in [0.1, 0.15) is 55.7 Å². The Bertz CT molecular complexity index is 1130. The van der Waals surface area contributed by atoms with E-state index in [1.807, 2.05) is 6.07 Å². The second-order valence-electron chi connectivity index (χ2n) is 8.72. The van der Waals surface area contributed by atoms with E-state index < -0.39 is 11.7 Å². The molecular formula is C24H24FN3OS. The van der Waals surface area contributed by atoms with Gasteiger partial charge in [0, 0.05) is 27.4 Å². The lowest BCUT2D eigenvalue weighted by atomic mass is 9.78. The summed E-state index contributed by atoms with van der Waals surface area (Å²) in [5.74, 6) is -0.727. The van der Waals surface area contributed by atoms with E-state index in [4.69, 9.17) is 5.73 Å². The number of rotatable bonds is 2. The third-order valence-corrected chi connectivity index (χ3v) is 7.23. The van der Waals surface area contributed by atoms with Crippen LogP contribution >= 0.6 is 11.3 Å². The van der Waals surface area contributed by atoms with Crippen molar-refractivity contribution in [2.75, 3.05) is 4.90 Å². The number of carbonyl (C=O) groups excluding carboxylic acids is 1. The van der Waals surface area contributed by atoms with Gasteiger partial charge in [-0.3, -0.25) is 9.69 Å². The Morgan fingerprint density at radius 1 is 1.20 bits per heavy atom. The van der Waals surface area contributed by atoms with E-state index in [1.54, 1.807) is 34.4 Å². The minimum Gasteiger partial charge on any atom is -0.384 e. The topological polar surface area (TPSA) is 70.1 Å². The number of hydrogen-bond donors (Lipinski definition) is 1. The third-order valence-electron chi connectivity index (χ3n) is 5.66. The standard InChI is InChI=1S/C24H24FN3OS/c1-24(2,3)20-12-11-19(30-20)21-14(13-26)23(27)28(16-8-5-4-7-15(16)25)17-9-6-10-18(29)22(17)21/h4-5,7-8,11-12,21H,6,9-10,27H2,1-3H3. The van der Waals surface area contributed by atoms with Crippen LogP contribution in [-0.2, 0) is 10.2 Å². The van der Waals surface area contributed by atoms with Gasteiger partial charge in [0.2, 0.25) is 0 Å². The number of thiophene rings is 1. The highest BCUT2D eigenvalue weighted by atomic mass is 32.1. The Morgan fingerprint density at radius 2 is 1.93 bits per heavy atom. The number of halogens is 1. The van der Waals surface area contributed by atoms with Gasteiger partial charge in [0.05, 0.1) is 23.2 Å². The molecule has 2 aromatic rings.